The minimum atomic E-state index is -1.11. The highest BCUT2D eigenvalue weighted by Gasteiger charge is 2.40. The number of rotatable bonds is 8. The number of piperidine rings is 1. The van der Waals surface area contributed by atoms with Crippen LogP contribution in [0.5, 0.6) is 0 Å². The van der Waals surface area contributed by atoms with Gasteiger partial charge in [0.05, 0.1) is 38.0 Å². The molecule has 2 N–H and O–H groups in total. The van der Waals surface area contributed by atoms with E-state index < -0.39 is 18.1 Å². The van der Waals surface area contributed by atoms with Crippen molar-refractivity contribution in [1.82, 2.24) is 24.7 Å². The van der Waals surface area contributed by atoms with E-state index in [0.29, 0.717) is 63.2 Å². The van der Waals surface area contributed by atoms with E-state index in [4.69, 9.17) is 14.1 Å². The molecule has 4 rings (SSSR count). The van der Waals surface area contributed by atoms with Crippen molar-refractivity contribution in [3.8, 4) is 0 Å². The van der Waals surface area contributed by atoms with Gasteiger partial charge in [-0.05, 0) is 24.5 Å². The number of nitrogens with zero attached hydrogens (tertiary/aromatic N) is 5. The summed E-state index contributed by atoms with van der Waals surface area (Å²) in [6, 6.07) is 3.13. The van der Waals surface area contributed by atoms with Gasteiger partial charge in [-0.1, -0.05) is 34.6 Å². The normalized spacial score (nSPS) is 19.8. The fraction of sp³-hybridized carbons (Fsp3) is 0.621. The lowest BCUT2D eigenvalue weighted by atomic mass is 9.91. The molecule has 0 saturated carbocycles. The zero-order valence-corrected chi connectivity index (χ0v) is 24.6. The highest BCUT2D eigenvalue weighted by molar-refractivity contribution is 5.98. The maximum Gasteiger partial charge on any atom is 0.407 e. The molecule has 2 fully saturated rings. The average molecular weight is 571 g/mol. The molecule has 12 nitrogen and oxygen atoms in total. The van der Waals surface area contributed by atoms with Crippen molar-refractivity contribution in [2.45, 2.75) is 59.0 Å². The van der Waals surface area contributed by atoms with Gasteiger partial charge in [0.25, 0.3) is 5.91 Å². The van der Waals surface area contributed by atoms with Gasteiger partial charge in [-0.2, -0.15) is 0 Å². The molecule has 0 spiro atoms. The zero-order valence-electron chi connectivity index (χ0n) is 24.6. The lowest BCUT2D eigenvalue weighted by Crippen LogP contribution is -2.58. The third-order valence-corrected chi connectivity index (χ3v) is 7.33. The number of morpholine rings is 1. The van der Waals surface area contributed by atoms with E-state index in [1.165, 1.54) is 4.90 Å². The quantitative estimate of drug-likeness (QED) is 0.489. The van der Waals surface area contributed by atoms with Gasteiger partial charge in [0.15, 0.2) is 0 Å². The van der Waals surface area contributed by atoms with Crippen LogP contribution in [0.25, 0.3) is 0 Å². The molecule has 0 bridgehead atoms. The van der Waals surface area contributed by atoms with Gasteiger partial charge in [0.1, 0.15) is 23.0 Å². The van der Waals surface area contributed by atoms with Crippen LogP contribution >= 0.6 is 0 Å². The maximum absolute atomic E-state index is 14.3. The minimum Gasteiger partial charge on any atom is -0.467 e. The van der Waals surface area contributed by atoms with E-state index in [-0.39, 0.29) is 41.8 Å². The Morgan fingerprint density at radius 1 is 1.17 bits per heavy atom. The molecule has 41 heavy (non-hydrogen) atoms. The van der Waals surface area contributed by atoms with E-state index in [0.717, 1.165) is 0 Å². The second kappa shape index (κ2) is 12.9. The number of amides is 3. The SMILES string of the molecule is CC(C)CN(C(=O)c1cnc(C(C)(C)C)nc1NCc1ccco1)[C@@H]1C[C@@H](C(=O)N2CCOCC2)CN(C(=O)O)C1. The van der Waals surface area contributed by atoms with Gasteiger partial charge < -0.3 is 34.3 Å². The lowest BCUT2D eigenvalue weighted by molar-refractivity contribution is -0.142. The molecule has 0 unspecified atom stereocenters. The van der Waals surface area contributed by atoms with E-state index in [1.807, 2.05) is 40.7 Å². The molecule has 2 aromatic rings. The smallest absolute Gasteiger partial charge is 0.407 e. The van der Waals surface area contributed by atoms with Gasteiger partial charge in [-0.25, -0.2) is 14.8 Å². The Bertz CT molecular complexity index is 1200. The monoisotopic (exact) mass is 570 g/mol. The van der Waals surface area contributed by atoms with Crippen molar-refractivity contribution in [2.24, 2.45) is 11.8 Å². The molecule has 0 aliphatic carbocycles. The van der Waals surface area contributed by atoms with Gasteiger partial charge >= 0.3 is 6.09 Å². The number of carbonyl (C=O) groups excluding carboxylic acids is 2. The predicted molar refractivity (Wildman–Crippen MR) is 152 cm³/mol. The molecule has 4 heterocycles. The van der Waals surface area contributed by atoms with Crippen LogP contribution in [-0.4, -0.2) is 99.7 Å². The van der Waals surface area contributed by atoms with Crippen LogP contribution in [0.15, 0.2) is 29.0 Å². The Labute approximate surface area is 241 Å². The number of hydrogen-bond donors (Lipinski definition) is 2. The van der Waals surface area contributed by atoms with Gasteiger partial charge in [0, 0.05) is 44.3 Å². The average Bonchev–Trinajstić information content (AvgIpc) is 3.47. The Hall–Kier alpha value is -3.67. The van der Waals surface area contributed by atoms with E-state index in [1.54, 1.807) is 28.3 Å². The highest BCUT2D eigenvalue weighted by Crippen LogP contribution is 2.28. The number of carboxylic acid groups (broad SMARTS) is 1. The number of anilines is 1. The molecule has 2 aromatic heterocycles. The summed E-state index contributed by atoms with van der Waals surface area (Å²) in [6.07, 6.45) is 2.39. The maximum atomic E-state index is 14.3. The molecule has 2 aliphatic heterocycles. The second-order valence-electron chi connectivity index (χ2n) is 12.2. The van der Waals surface area contributed by atoms with E-state index in [9.17, 15) is 19.5 Å². The first kappa shape index (κ1) is 30.3. The lowest BCUT2D eigenvalue weighted by Gasteiger charge is -2.43. The molecule has 3 amide bonds. The van der Waals surface area contributed by atoms with Crippen LogP contribution in [0.2, 0.25) is 0 Å². The largest absolute Gasteiger partial charge is 0.467 e. The Balaban J connectivity index is 1.66. The summed E-state index contributed by atoms with van der Waals surface area (Å²) in [6.45, 7) is 12.8. The third-order valence-electron chi connectivity index (χ3n) is 7.33. The highest BCUT2D eigenvalue weighted by atomic mass is 16.5. The van der Waals surface area contributed by atoms with Crippen molar-refractivity contribution >= 4 is 23.7 Å². The van der Waals surface area contributed by atoms with Crippen molar-refractivity contribution in [3.63, 3.8) is 0 Å². The molecule has 0 aromatic carbocycles. The summed E-state index contributed by atoms with van der Waals surface area (Å²) in [5, 5.41) is 13.2. The number of furan rings is 1. The summed E-state index contributed by atoms with van der Waals surface area (Å²) < 4.78 is 10.8. The Morgan fingerprint density at radius 2 is 1.90 bits per heavy atom. The predicted octanol–water partition coefficient (Wildman–Crippen LogP) is 3.30. The summed E-state index contributed by atoms with van der Waals surface area (Å²) in [5.74, 6) is 0.788. The summed E-state index contributed by atoms with van der Waals surface area (Å²) >= 11 is 0. The minimum absolute atomic E-state index is 0.0973. The Kier molecular flexibility index (Phi) is 9.52. The number of likely N-dealkylation sites (tertiary alicyclic amines) is 1. The number of ether oxygens (including phenoxy) is 1. The number of nitrogens with one attached hydrogen (secondary N) is 1. The standard InChI is InChI=1S/C29H42N6O6/c1-19(2)16-35(21-13-20(17-34(18-21)28(38)39)25(36)33-8-11-40-12-9-33)26(37)23-15-31-27(29(3,4)5)32-24(23)30-14-22-7-6-10-41-22/h6-7,10,15,19-21H,8-9,11-14,16-18H2,1-5H3,(H,38,39)(H,30,31,32)/t20-,21-/m1/s1. The first-order valence-corrected chi connectivity index (χ1v) is 14.2. The first-order valence-electron chi connectivity index (χ1n) is 14.2. The molecule has 2 saturated heterocycles. The van der Waals surface area contributed by atoms with Crippen molar-refractivity contribution in [1.29, 1.82) is 0 Å². The molecule has 0 radical (unpaired) electrons. The molecule has 12 heteroatoms. The van der Waals surface area contributed by atoms with Crippen LogP contribution in [-0.2, 0) is 21.5 Å². The van der Waals surface area contributed by atoms with Gasteiger partial charge in [0.2, 0.25) is 5.91 Å². The Morgan fingerprint density at radius 3 is 2.51 bits per heavy atom. The molecule has 2 atom stereocenters. The van der Waals surface area contributed by atoms with E-state index >= 15 is 0 Å². The van der Waals surface area contributed by atoms with Crippen molar-refractivity contribution in [2.75, 3.05) is 51.3 Å². The first-order chi connectivity index (χ1) is 19.4. The van der Waals surface area contributed by atoms with Gasteiger partial charge in [-0.3, -0.25) is 9.59 Å². The molecular weight excluding hydrogens is 528 g/mol. The van der Waals surface area contributed by atoms with Crippen molar-refractivity contribution in [3.05, 3.63) is 41.7 Å². The number of carbonyl (C=O) groups is 3. The molecule has 2 aliphatic rings. The fourth-order valence-electron chi connectivity index (χ4n) is 5.24. The summed E-state index contributed by atoms with van der Waals surface area (Å²) in [4.78, 5) is 53.8. The van der Waals surface area contributed by atoms with Crippen molar-refractivity contribution < 1.29 is 28.6 Å². The summed E-state index contributed by atoms with van der Waals surface area (Å²) in [5.41, 5.74) is -0.0626. The third kappa shape index (κ3) is 7.55. The van der Waals surface area contributed by atoms with Crippen LogP contribution in [0.4, 0.5) is 10.6 Å². The van der Waals surface area contributed by atoms with E-state index in [2.05, 4.69) is 10.3 Å². The second-order valence-corrected chi connectivity index (χ2v) is 12.2. The van der Waals surface area contributed by atoms with Crippen LogP contribution < -0.4 is 5.32 Å². The zero-order chi connectivity index (χ0) is 29.7. The fourth-order valence-corrected chi connectivity index (χ4v) is 5.24. The summed E-state index contributed by atoms with van der Waals surface area (Å²) in [7, 11) is 0. The molecular formula is C29H42N6O6. The topological polar surface area (TPSA) is 141 Å². The van der Waals surface area contributed by atoms with Crippen LogP contribution in [0.3, 0.4) is 0 Å². The number of hydrogen-bond acceptors (Lipinski definition) is 8. The molecule has 224 valence electrons. The van der Waals surface area contributed by atoms with Crippen LogP contribution in [0, 0.1) is 11.8 Å². The van der Waals surface area contributed by atoms with Crippen LogP contribution in [0.1, 0.15) is 63.0 Å². The number of aromatic nitrogens is 2. The van der Waals surface area contributed by atoms with Gasteiger partial charge in [-0.15, -0.1) is 0 Å².